The van der Waals surface area contributed by atoms with Gasteiger partial charge in [0.25, 0.3) is 5.91 Å². The highest BCUT2D eigenvalue weighted by Crippen LogP contribution is 2.19. The number of nitrogens with one attached hydrogen (secondary N) is 1. The van der Waals surface area contributed by atoms with Gasteiger partial charge in [-0.15, -0.1) is 0 Å². The van der Waals surface area contributed by atoms with Crippen molar-refractivity contribution in [3.05, 3.63) is 90.0 Å². The summed E-state index contributed by atoms with van der Waals surface area (Å²) in [5.74, 6) is -0.222. The third-order valence-electron chi connectivity index (χ3n) is 4.70. The molecule has 0 radical (unpaired) electrons. The number of hydrogen-bond acceptors (Lipinski definition) is 3. The third-order valence-corrected chi connectivity index (χ3v) is 4.70. The summed E-state index contributed by atoms with van der Waals surface area (Å²) in [6.07, 6.45) is 0.881. The lowest BCUT2D eigenvalue weighted by atomic mass is 10.1. The van der Waals surface area contributed by atoms with Crippen molar-refractivity contribution < 1.29 is 9.59 Å². The van der Waals surface area contributed by atoms with E-state index < -0.39 is 0 Å². The Kier molecular flexibility index (Phi) is 6.63. The van der Waals surface area contributed by atoms with Crippen LogP contribution in [0.3, 0.4) is 0 Å². The number of aryl methyl sites for hydroxylation is 1. The number of anilines is 3. The second kappa shape index (κ2) is 9.55. The van der Waals surface area contributed by atoms with Crippen LogP contribution in [-0.4, -0.2) is 18.4 Å². The number of nitrogens with two attached hydrogens (primary N) is 1. The van der Waals surface area contributed by atoms with Gasteiger partial charge in [-0.1, -0.05) is 42.5 Å². The fourth-order valence-electron chi connectivity index (χ4n) is 3.17. The molecule has 0 aliphatic heterocycles. The molecule has 0 fully saturated rings. The minimum Gasteiger partial charge on any atom is -0.399 e. The largest absolute Gasteiger partial charge is 0.399 e. The molecule has 148 valence electrons. The fraction of sp³-hybridized carbons (Fsp3) is 0.167. The quantitative estimate of drug-likeness (QED) is 0.586. The van der Waals surface area contributed by atoms with Gasteiger partial charge >= 0.3 is 0 Å². The van der Waals surface area contributed by atoms with Crippen molar-refractivity contribution >= 4 is 28.9 Å². The van der Waals surface area contributed by atoms with Gasteiger partial charge in [-0.3, -0.25) is 9.59 Å². The number of para-hydroxylation sites is 2. The number of carbonyl (C=O) groups is 2. The number of nitrogen functional groups attached to an aromatic ring is 1. The molecule has 2 amide bonds. The van der Waals surface area contributed by atoms with E-state index in [1.54, 1.807) is 29.2 Å². The second-order valence-corrected chi connectivity index (χ2v) is 6.71. The van der Waals surface area contributed by atoms with Crippen molar-refractivity contribution in [2.24, 2.45) is 0 Å². The van der Waals surface area contributed by atoms with Gasteiger partial charge in [0, 0.05) is 35.6 Å². The Balaban J connectivity index is 1.66. The van der Waals surface area contributed by atoms with Crippen molar-refractivity contribution in [2.75, 3.05) is 22.5 Å². The summed E-state index contributed by atoms with van der Waals surface area (Å²) in [6, 6.07) is 24.1. The molecule has 3 rings (SSSR count). The Morgan fingerprint density at radius 3 is 2.38 bits per heavy atom. The zero-order valence-corrected chi connectivity index (χ0v) is 16.5. The Hall–Kier alpha value is -3.60. The first-order valence-corrected chi connectivity index (χ1v) is 9.68. The Morgan fingerprint density at radius 2 is 1.66 bits per heavy atom. The van der Waals surface area contributed by atoms with Crippen LogP contribution in [0.5, 0.6) is 0 Å². The van der Waals surface area contributed by atoms with Crippen LogP contribution in [0.1, 0.15) is 29.3 Å². The lowest BCUT2D eigenvalue weighted by molar-refractivity contribution is -0.116. The normalized spacial score (nSPS) is 10.4. The summed E-state index contributed by atoms with van der Waals surface area (Å²) in [6.45, 7) is 2.49. The van der Waals surface area contributed by atoms with E-state index in [1.165, 1.54) is 0 Å². The van der Waals surface area contributed by atoms with Crippen LogP contribution in [0.2, 0.25) is 0 Å². The van der Waals surface area contributed by atoms with Gasteiger partial charge in [-0.2, -0.15) is 0 Å². The molecule has 3 aromatic rings. The molecule has 29 heavy (non-hydrogen) atoms. The summed E-state index contributed by atoms with van der Waals surface area (Å²) in [5, 5.41) is 2.87. The van der Waals surface area contributed by atoms with E-state index in [2.05, 4.69) is 5.32 Å². The lowest BCUT2D eigenvalue weighted by Crippen LogP contribution is -2.30. The van der Waals surface area contributed by atoms with Crippen molar-refractivity contribution in [1.82, 2.24) is 0 Å². The Labute approximate surface area is 171 Å². The van der Waals surface area contributed by atoms with Crippen molar-refractivity contribution in [1.29, 1.82) is 0 Å². The van der Waals surface area contributed by atoms with Crippen molar-refractivity contribution in [2.45, 2.75) is 19.8 Å². The minimum absolute atomic E-state index is 0.105. The van der Waals surface area contributed by atoms with Crippen molar-refractivity contribution in [3.63, 3.8) is 0 Å². The first-order chi connectivity index (χ1) is 14.1. The van der Waals surface area contributed by atoms with E-state index in [1.807, 2.05) is 61.5 Å². The van der Waals surface area contributed by atoms with E-state index in [4.69, 9.17) is 5.73 Å². The maximum Gasteiger partial charge on any atom is 0.258 e. The standard InChI is InChI=1S/C24H25N3O2/c1-2-27(21-12-4-3-5-13-21)24(29)19-10-8-11-20(17-19)26-23(28)16-15-18-9-6-7-14-22(18)25/h3-14,17H,2,15-16,25H2,1H3,(H,26,28). The van der Waals surface area contributed by atoms with E-state index in [0.717, 1.165) is 11.3 Å². The average Bonchev–Trinajstić information content (AvgIpc) is 2.74. The van der Waals surface area contributed by atoms with Gasteiger partial charge in [0.2, 0.25) is 5.91 Å². The summed E-state index contributed by atoms with van der Waals surface area (Å²) in [4.78, 5) is 27.0. The molecule has 0 spiro atoms. The van der Waals surface area contributed by atoms with Crippen LogP contribution in [0.25, 0.3) is 0 Å². The van der Waals surface area contributed by atoms with E-state index in [0.29, 0.717) is 36.3 Å². The first kappa shape index (κ1) is 20.1. The second-order valence-electron chi connectivity index (χ2n) is 6.71. The SMILES string of the molecule is CCN(C(=O)c1cccc(NC(=O)CCc2ccccc2N)c1)c1ccccc1. The van der Waals surface area contributed by atoms with Gasteiger partial charge in [0.05, 0.1) is 0 Å². The van der Waals surface area contributed by atoms with Crippen LogP contribution in [0.15, 0.2) is 78.9 Å². The number of benzene rings is 3. The molecule has 0 saturated carbocycles. The van der Waals surface area contributed by atoms with Crippen LogP contribution >= 0.6 is 0 Å². The Morgan fingerprint density at radius 1 is 0.931 bits per heavy atom. The highest BCUT2D eigenvalue weighted by molar-refractivity contribution is 6.07. The maximum atomic E-state index is 13.0. The molecule has 0 bridgehead atoms. The first-order valence-electron chi connectivity index (χ1n) is 9.68. The number of amides is 2. The maximum absolute atomic E-state index is 13.0. The van der Waals surface area contributed by atoms with E-state index >= 15 is 0 Å². The number of hydrogen-bond donors (Lipinski definition) is 2. The number of rotatable bonds is 7. The molecule has 0 aliphatic rings. The molecule has 0 heterocycles. The topological polar surface area (TPSA) is 75.4 Å². The number of carbonyl (C=O) groups excluding carboxylic acids is 2. The minimum atomic E-state index is -0.117. The third kappa shape index (κ3) is 5.23. The lowest BCUT2D eigenvalue weighted by Gasteiger charge is -2.21. The molecule has 0 saturated heterocycles. The zero-order valence-electron chi connectivity index (χ0n) is 16.5. The monoisotopic (exact) mass is 387 g/mol. The Bertz CT molecular complexity index is 986. The fourth-order valence-corrected chi connectivity index (χ4v) is 3.17. The van der Waals surface area contributed by atoms with Crippen LogP contribution in [0.4, 0.5) is 17.1 Å². The summed E-state index contributed by atoms with van der Waals surface area (Å²) >= 11 is 0. The smallest absolute Gasteiger partial charge is 0.258 e. The van der Waals surface area contributed by atoms with Gasteiger partial charge in [0.1, 0.15) is 0 Å². The zero-order chi connectivity index (χ0) is 20.6. The summed E-state index contributed by atoms with van der Waals surface area (Å²) in [5.41, 5.74) is 9.54. The van der Waals surface area contributed by atoms with Crippen LogP contribution in [-0.2, 0) is 11.2 Å². The highest BCUT2D eigenvalue weighted by Gasteiger charge is 2.16. The summed E-state index contributed by atoms with van der Waals surface area (Å²) < 4.78 is 0. The molecule has 0 unspecified atom stereocenters. The molecule has 3 aromatic carbocycles. The summed E-state index contributed by atoms with van der Waals surface area (Å²) in [7, 11) is 0. The predicted octanol–water partition coefficient (Wildman–Crippen LogP) is 4.51. The van der Waals surface area contributed by atoms with E-state index in [-0.39, 0.29) is 11.8 Å². The van der Waals surface area contributed by atoms with Gasteiger partial charge < -0.3 is 16.0 Å². The number of nitrogens with zero attached hydrogens (tertiary/aromatic N) is 1. The molecule has 5 nitrogen and oxygen atoms in total. The molecule has 0 aliphatic carbocycles. The van der Waals surface area contributed by atoms with Crippen LogP contribution in [0, 0.1) is 0 Å². The van der Waals surface area contributed by atoms with Crippen molar-refractivity contribution in [3.8, 4) is 0 Å². The molecule has 3 N–H and O–H groups in total. The molecular weight excluding hydrogens is 362 g/mol. The predicted molar refractivity (Wildman–Crippen MR) is 118 cm³/mol. The molecular formula is C24H25N3O2. The van der Waals surface area contributed by atoms with Gasteiger partial charge in [0.15, 0.2) is 0 Å². The molecule has 5 heteroatoms. The molecule has 0 atom stereocenters. The highest BCUT2D eigenvalue weighted by atomic mass is 16.2. The van der Waals surface area contributed by atoms with Crippen LogP contribution < -0.4 is 16.0 Å². The molecule has 0 aromatic heterocycles. The van der Waals surface area contributed by atoms with E-state index in [9.17, 15) is 9.59 Å². The van der Waals surface area contributed by atoms with Gasteiger partial charge in [-0.05, 0) is 55.3 Å². The van der Waals surface area contributed by atoms with Gasteiger partial charge in [-0.25, -0.2) is 0 Å². The average molecular weight is 387 g/mol.